The Labute approximate surface area is 130 Å². The third-order valence-corrected chi connectivity index (χ3v) is 5.64. The molecule has 9 heteroatoms. The third-order valence-electron chi connectivity index (χ3n) is 2.53. The number of amidine groups is 1. The minimum absolute atomic E-state index is 0.0801. The summed E-state index contributed by atoms with van der Waals surface area (Å²) < 4.78 is 27.2. The maximum atomic E-state index is 12.1. The van der Waals surface area contributed by atoms with Crippen LogP contribution in [0.1, 0.15) is 5.56 Å². The van der Waals surface area contributed by atoms with Gasteiger partial charge in [0.05, 0.1) is 4.34 Å². The second-order valence-electron chi connectivity index (χ2n) is 4.13. The molecule has 4 N–H and O–H groups in total. The van der Waals surface area contributed by atoms with Crippen LogP contribution >= 0.6 is 22.9 Å². The number of nitrogens with two attached hydrogens (primary N) is 1. The highest BCUT2D eigenvalue weighted by Crippen LogP contribution is 2.27. The van der Waals surface area contributed by atoms with Crippen molar-refractivity contribution in [3.8, 4) is 0 Å². The lowest BCUT2D eigenvalue weighted by atomic mass is 10.1. The lowest BCUT2D eigenvalue weighted by Crippen LogP contribution is -2.15. The van der Waals surface area contributed by atoms with Crippen molar-refractivity contribution in [1.82, 2.24) is 0 Å². The van der Waals surface area contributed by atoms with Gasteiger partial charge in [0, 0.05) is 12.1 Å². The number of hydrogen-bond donors (Lipinski definition) is 3. The monoisotopic (exact) mass is 345 g/mol. The van der Waals surface area contributed by atoms with Gasteiger partial charge in [0.1, 0.15) is 10.0 Å². The zero-order chi connectivity index (χ0) is 15.5. The third kappa shape index (κ3) is 4.10. The molecular weight excluding hydrogens is 334 g/mol. The molecule has 0 atom stereocenters. The number of halogens is 1. The van der Waals surface area contributed by atoms with Gasteiger partial charge in [-0.05, 0) is 29.8 Å². The zero-order valence-corrected chi connectivity index (χ0v) is 13.0. The Bertz CT molecular complexity index is 754. The molecule has 1 aromatic carbocycles. The average molecular weight is 346 g/mol. The highest BCUT2D eigenvalue weighted by molar-refractivity contribution is 7.94. The first-order valence-electron chi connectivity index (χ1n) is 5.74. The van der Waals surface area contributed by atoms with Gasteiger partial charge in [-0.15, -0.1) is 11.3 Å². The maximum absolute atomic E-state index is 12.1. The van der Waals surface area contributed by atoms with Crippen molar-refractivity contribution in [3.05, 3.63) is 46.3 Å². The molecule has 0 saturated heterocycles. The Hall–Kier alpha value is -1.77. The first-order chi connectivity index (χ1) is 9.90. The number of thiophene rings is 1. The molecular formula is C12H12ClN3O3S2. The van der Waals surface area contributed by atoms with Crippen molar-refractivity contribution in [2.75, 3.05) is 4.72 Å². The van der Waals surface area contributed by atoms with Crippen molar-refractivity contribution in [3.63, 3.8) is 0 Å². The summed E-state index contributed by atoms with van der Waals surface area (Å²) in [5, 5.41) is 11.4. The number of rotatable bonds is 5. The Balaban J connectivity index is 2.13. The van der Waals surface area contributed by atoms with Gasteiger partial charge < -0.3 is 10.9 Å². The van der Waals surface area contributed by atoms with E-state index in [-0.39, 0.29) is 16.5 Å². The number of benzene rings is 1. The van der Waals surface area contributed by atoms with E-state index < -0.39 is 10.0 Å². The predicted octanol–water partition coefficient (Wildman–Crippen LogP) is 2.49. The van der Waals surface area contributed by atoms with Crippen LogP contribution in [0.2, 0.25) is 4.34 Å². The van der Waals surface area contributed by atoms with E-state index in [0.29, 0.717) is 10.0 Å². The molecule has 0 aliphatic rings. The molecule has 0 bridgehead atoms. The van der Waals surface area contributed by atoms with Crippen molar-refractivity contribution >= 4 is 44.5 Å². The standard InChI is InChI=1S/C12H12ClN3O3S2/c13-10-5-6-12(20-10)21(18,19)16-9-3-1-8(2-4-9)7-11(14)15-17/h1-6,16-17H,7H2,(H2,14,15). The second kappa shape index (κ2) is 6.33. The number of hydrogen-bond acceptors (Lipinski definition) is 5. The van der Waals surface area contributed by atoms with Crippen molar-refractivity contribution in [2.24, 2.45) is 10.9 Å². The number of anilines is 1. The molecule has 112 valence electrons. The van der Waals surface area contributed by atoms with Gasteiger partial charge in [0.25, 0.3) is 10.0 Å². The molecule has 0 aliphatic carbocycles. The van der Waals surface area contributed by atoms with Crippen LogP contribution in [0.15, 0.2) is 45.8 Å². The van der Waals surface area contributed by atoms with Gasteiger partial charge >= 0.3 is 0 Å². The zero-order valence-electron chi connectivity index (χ0n) is 10.7. The van der Waals surface area contributed by atoms with Gasteiger partial charge in [0.15, 0.2) is 0 Å². The summed E-state index contributed by atoms with van der Waals surface area (Å²) in [4.78, 5) is 0. The second-order valence-corrected chi connectivity index (χ2v) is 7.75. The lowest BCUT2D eigenvalue weighted by Gasteiger charge is -2.07. The van der Waals surface area contributed by atoms with Gasteiger partial charge in [-0.25, -0.2) is 8.42 Å². The van der Waals surface area contributed by atoms with Crippen LogP contribution < -0.4 is 10.5 Å². The molecule has 0 radical (unpaired) electrons. The van der Waals surface area contributed by atoms with E-state index in [1.807, 2.05) is 0 Å². The summed E-state index contributed by atoms with van der Waals surface area (Å²) in [6.07, 6.45) is 0.282. The molecule has 0 unspecified atom stereocenters. The Morgan fingerprint density at radius 1 is 1.29 bits per heavy atom. The molecule has 0 spiro atoms. The first-order valence-corrected chi connectivity index (χ1v) is 8.42. The molecule has 1 aromatic heterocycles. The van der Waals surface area contributed by atoms with Gasteiger partial charge in [-0.3, -0.25) is 4.72 Å². The molecule has 1 heterocycles. The lowest BCUT2D eigenvalue weighted by molar-refractivity contribution is 0.317. The summed E-state index contributed by atoms with van der Waals surface area (Å²) in [5.41, 5.74) is 6.62. The van der Waals surface area contributed by atoms with Crippen molar-refractivity contribution in [2.45, 2.75) is 10.6 Å². The van der Waals surface area contributed by atoms with Crippen LogP contribution in [-0.2, 0) is 16.4 Å². The Kier molecular flexibility index (Phi) is 4.71. The topological polar surface area (TPSA) is 105 Å². The van der Waals surface area contributed by atoms with Crippen molar-refractivity contribution in [1.29, 1.82) is 0 Å². The van der Waals surface area contributed by atoms with E-state index in [0.717, 1.165) is 16.9 Å². The quantitative estimate of drug-likeness (QED) is 0.335. The molecule has 0 fully saturated rings. The van der Waals surface area contributed by atoms with Crippen LogP contribution in [-0.4, -0.2) is 19.5 Å². The normalized spacial score (nSPS) is 12.3. The summed E-state index contributed by atoms with van der Waals surface area (Å²) in [5.74, 6) is 0.0801. The van der Waals surface area contributed by atoms with E-state index >= 15 is 0 Å². The predicted molar refractivity (Wildman–Crippen MR) is 83.7 cm³/mol. The van der Waals surface area contributed by atoms with Crippen LogP contribution in [0.25, 0.3) is 0 Å². The molecule has 0 saturated carbocycles. The van der Waals surface area contributed by atoms with Crippen molar-refractivity contribution < 1.29 is 13.6 Å². The minimum Gasteiger partial charge on any atom is -0.409 e. The van der Waals surface area contributed by atoms with Crippen LogP contribution in [0.5, 0.6) is 0 Å². The first kappa shape index (κ1) is 15.6. The number of sulfonamides is 1. The fourth-order valence-corrected chi connectivity index (χ4v) is 4.12. The van der Waals surface area contributed by atoms with Crippen LogP contribution in [0.3, 0.4) is 0 Å². The average Bonchev–Trinajstić information content (AvgIpc) is 2.88. The van der Waals surface area contributed by atoms with Crippen LogP contribution in [0.4, 0.5) is 5.69 Å². The smallest absolute Gasteiger partial charge is 0.271 e. The number of oxime groups is 1. The van der Waals surface area contributed by atoms with Gasteiger partial charge in [-0.1, -0.05) is 28.9 Å². The van der Waals surface area contributed by atoms with Gasteiger partial charge in [0.2, 0.25) is 0 Å². The Morgan fingerprint density at radius 2 is 1.95 bits per heavy atom. The molecule has 0 amide bonds. The SMILES string of the molecule is NC(Cc1ccc(NS(=O)(=O)c2ccc(Cl)s2)cc1)=NO. The van der Waals surface area contributed by atoms with E-state index in [1.165, 1.54) is 12.1 Å². The fourth-order valence-electron chi connectivity index (χ4n) is 1.58. The Morgan fingerprint density at radius 3 is 2.48 bits per heavy atom. The summed E-state index contributed by atoms with van der Waals surface area (Å²) >= 11 is 6.72. The number of nitrogens with one attached hydrogen (secondary N) is 1. The molecule has 6 nitrogen and oxygen atoms in total. The van der Waals surface area contributed by atoms with E-state index in [1.54, 1.807) is 24.3 Å². The molecule has 2 rings (SSSR count). The molecule has 0 aliphatic heterocycles. The summed E-state index contributed by atoms with van der Waals surface area (Å²) in [6.45, 7) is 0. The van der Waals surface area contributed by atoms with E-state index in [9.17, 15) is 8.42 Å². The fraction of sp³-hybridized carbons (Fsp3) is 0.0833. The largest absolute Gasteiger partial charge is 0.409 e. The highest BCUT2D eigenvalue weighted by atomic mass is 35.5. The molecule has 21 heavy (non-hydrogen) atoms. The summed E-state index contributed by atoms with van der Waals surface area (Å²) in [7, 11) is -3.64. The van der Waals surface area contributed by atoms with Gasteiger partial charge in [-0.2, -0.15) is 0 Å². The van der Waals surface area contributed by atoms with Crippen LogP contribution in [0, 0.1) is 0 Å². The minimum atomic E-state index is -3.64. The van der Waals surface area contributed by atoms with E-state index in [4.69, 9.17) is 22.5 Å². The molecule has 2 aromatic rings. The summed E-state index contributed by atoms with van der Waals surface area (Å²) in [6, 6.07) is 9.57. The van der Waals surface area contributed by atoms with E-state index in [2.05, 4.69) is 9.88 Å². The highest BCUT2D eigenvalue weighted by Gasteiger charge is 2.16. The number of nitrogens with zero attached hydrogens (tertiary/aromatic N) is 1. The maximum Gasteiger partial charge on any atom is 0.271 e.